The molecule has 1 N–H and O–H groups in total. The van der Waals surface area contributed by atoms with Crippen LogP contribution in [-0.4, -0.2) is 30.1 Å². The van der Waals surface area contributed by atoms with E-state index in [1.54, 1.807) is 0 Å². The molecule has 0 bridgehead atoms. The van der Waals surface area contributed by atoms with E-state index in [0.717, 1.165) is 23.0 Å². The van der Waals surface area contributed by atoms with Gasteiger partial charge in [0, 0.05) is 11.9 Å². The Morgan fingerprint density at radius 2 is 2.04 bits per heavy atom. The molecule has 134 valence electrons. The number of aryl methyl sites for hydroxylation is 2. The smallest absolute Gasteiger partial charge is 0.253 e. The van der Waals surface area contributed by atoms with Crippen molar-refractivity contribution in [3.63, 3.8) is 0 Å². The van der Waals surface area contributed by atoms with Gasteiger partial charge in [0.2, 0.25) is 0 Å². The molecule has 1 amide bonds. The second kappa shape index (κ2) is 7.96. The summed E-state index contributed by atoms with van der Waals surface area (Å²) in [6, 6.07) is 8.03. The average molecular weight is 340 g/mol. The summed E-state index contributed by atoms with van der Waals surface area (Å²) in [6.45, 7) is 7.29. The quantitative estimate of drug-likeness (QED) is 0.831. The van der Waals surface area contributed by atoms with Gasteiger partial charge in [-0.15, -0.1) is 0 Å². The third kappa shape index (κ3) is 4.37. The van der Waals surface area contributed by atoms with E-state index >= 15 is 0 Å². The largest absolute Gasteiger partial charge is 0.376 e. The first-order valence-corrected chi connectivity index (χ1v) is 9.32. The first-order chi connectivity index (χ1) is 12.0. The first-order valence-electron chi connectivity index (χ1n) is 9.32. The van der Waals surface area contributed by atoms with Crippen molar-refractivity contribution >= 4 is 16.8 Å². The maximum absolute atomic E-state index is 12.5. The van der Waals surface area contributed by atoms with Gasteiger partial charge in [-0.2, -0.15) is 0 Å². The second-order valence-electron chi connectivity index (χ2n) is 7.24. The zero-order valence-corrected chi connectivity index (χ0v) is 15.5. The highest BCUT2D eigenvalue weighted by Crippen LogP contribution is 2.26. The van der Waals surface area contributed by atoms with Crippen LogP contribution in [0.2, 0.25) is 0 Å². The van der Waals surface area contributed by atoms with Crippen LogP contribution < -0.4 is 5.32 Å². The molecule has 1 aliphatic carbocycles. The Bertz CT molecular complexity index is 757. The number of nitrogens with zero attached hydrogens (tertiary/aromatic N) is 1. The summed E-state index contributed by atoms with van der Waals surface area (Å²) in [5.74, 6) is 0.549. The maximum atomic E-state index is 12.5. The fraction of sp³-hybridized carbons (Fsp3) is 0.524. The highest BCUT2D eigenvalue weighted by Gasteiger charge is 2.21. The topological polar surface area (TPSA) is 51.2 Å². The van der Waals surface area contributed by atoms with Crippen molar-refractivity contribution in [1.82, 2.24) is 10.3 Å². The molecule has 2 atom stereocenters. The molecule has 0 aliphatic heterocycles. The lowest BCUT2D eigenvalue weighted by Crippen LogP contribution is -2.32. The molecule has 1 aromatic carbocycles. The molecule has 1 aliphatic rings. The van der Waals surface area contributed by atoms with Gasteiger partial charge in [-0.1, -0.05) is 31.4 Å². The zero-order chi connectivity index (χ0) is 17.8. The van der Waals surface area contributed by atoms with E-state index in [2.05, 4.69) is 23.3 Å². The SMILES string of the molecule is Cc1ccc2nc(C)c(C(=O)NCCO[C@H]3CCCC[C@H]3C)cc2c1. The van der Waals surface area contributed by atoms with Crippen molar-refractivity contribution in [1.29, 1.82) is 0 Å². The molecule has 2 aromatic rings. The standard InChI is InChI=1S/C21H28N2O2/c1-14-8-9-19-17(12-14)13-18(16(3)23-19)21(24)22-10-11-25-20-7-5-4-6-15(20)2/h8-9,12-13,15,20H,4-7,10-11H2,1-3H3,(H,22,24)/t15-,20+/m1/s1. The van der Waals surface area contributed by atoms with Crippen LogP contribution in [0.5, 0.6) is 0 Å². The minimum absolute atomic E-state index is 0.0753. The van der Waals surface area contributed by atoms with E-state index < -0.39 is 0 Å². The molecule has 3 rings (SSSR count). The van der Waals surface area contributed by atoms with Crippen molar-refractivity contribution in [3.05, 3.63) is 41.1 Å². The predicted octanol–water partition coefficient (Wildman–Crippen LogP) is 4.18. The summed E-state index contributed by atoms with van der Waals surface area (Å²) in [6.07, 6.45) is 5.30. The molecule has 4 nitrogen and oxygen atoms in total. The van der Waals surface area contributed by atoms with Crippen LogP contribution in [0.4, 0.5) is 0 Å². The average Bonchev–Trinajstić information content (AvgIpc) is 2.59. The van der Waals surface area contributed by atoms with E-state index in [1.807, 2.05) is 32.0 Å². The summed E-state index contributed by atoms with van der Waals surface area (Å²) < 4.78 is 5.97. The van der Waals surface area contributed by atoms with Crippen LogP contribution in [0, 0.1) is 19.8 Å². The molecule has 0 spiro atoms. The predicted molar refractivity (Wildman–Crippen MR) is 101 cm³/mol. The number of hydrogen-bond donors (Lipinski definition) is 1. The number of ether oxygens (including phenoxy) is 1. The molecule has 1 fully saturated rings. The van der Waals surface area contributed by atoms with Gasteiger partial charge < -0.3 is 10.1 Å². The number of benzene rings is 1. The van der Waals surface area contributed by atoms with Crippen LogP contribution in [-0.2, 0) is 4.74 Å². The zero-order valence-electron chi connectivity index (χ0n) is 15.5. The summed E-state index contributed by atoms with van der Waals surface area (Å²) >= 11 is 0. The van der Waals surface area contributed by atoms with Gasteiger partial charge in [-0.05, 0) is 50.8 Å². The molecular weight excluding hydrogens is 312 g/mol. The monoisotopic (exact) mass is 340 g/mol. The Hall–Kier alpha value is -1.94. The normalized spacial score (nSPS) is 20.6. The van der Waals surface area contributed by atoms with Crippen LogP contribution in [0.3, 0.4) is 0 Å². The molecule has 4 heteroatoms. The van der Waals surface area contributed by atoms with Gasteiger partial charge in [0.25, 0.3) is 5.91 Å². The molecule has 0 unspecified atom stereocenters. The van der Waals surface area contributed by atoms with E-state index in [4.69, 9.17) is 4.74 Å². The Balaban J connectivity index is 1.57. The number of carbonyl (C=O) groups is 1. The fourth-order valence-corrected chi connectivity index (χ4v) is 3.62. The number of nitrogens with one attached hydrogen (secondary N) is 1. The van der Waals surface area contributed by atoms with Gasteiger partial charge in [-0.25, -0.2) is 0 Å². The summed E-state index contributed by atoms with van der Waals surface area (Å²) in [4.78, 5) is 17.1. The second-order valence-corrected chi connectivity index (χ2v) is 7.24. The summed E-state index contributed by atoms with van der Waals surface area (Å²) in [5, 5.41) is 3.97. The number of pyridine rings is 1. The highest BCUT2D eigenvalue weighted by molar-refractivity contribution is 5.98. The third-order valence-corrected chi connectivity index (χ3v) is 5.16. The summed E-state index contributed by atoms with van der Waals surface area (Å²) in [5.41, 5.74) is 3.49. The lowest BCUT2D eigenvalue weighted by Gasteiger charge is -2.28. The van der Waals surface area contributed by atoms with Gasteiger partial charge in [0.1, 0.15) is 0 Å². The van der Waals surface area contributed by atoms with Gasteiger partial charge in [0.05, 0.1) is 29.5 Å². The number of aromatic nitrogens is 1. The van der Waals surface area contributed by atoms with Gasteiger partial charge in [-0.3, -0.25) is 9.78 Å². The van der Waals surface area contributed by atoms with E-state index in [-0.39, 0.29) is 5.91 Å². The maximum Gasteiger partial charge on any atom is 0.253 e. The highest BCUT2D eigenvalue weighted by atomic mass is 16.5. The molecular formula is C21H28N2O2. The Labute approximate surface area is 150 Å². The van der Waals surface area contributed by atoms with E-state index in [9.17, 15) is 4.79 Å². The minimum Gasteiger partial charge on any atom is -0.376 e. The number of fused-ring (bicyclic) bond motifs is 1. The van der Waals surface area contributed by atoms with Crippen molar-refractivity contribution in [3.8, 4) is 0 Å². The minimum atomic E-state index is -0.0753. The van der Waals surface area contributed by atoms with Crippen molar-refractivity contribution in [2.45, 2.75) is 52.6 Å². The lowest BCUT2D eigenvalue weighted by atomic mass is 9.88. The van der Waals surface area contributed by atoms with Crippen LogP contribution >= 0.6 is 0 Å². The van der Waals surface area contributed by atoms with Crippen LogP contribution in [0.1, 0.15) is 54.2 Å². The fourth-order valence-electron chi connectivity index (χ4n) is 3.62. The molecule has 1 aromatic heterocycles. The Kier molecular flexibility index (Phi) is 5.69. The van der Waals surface area contributed by atoms with Crippen molar-refractivity contribution in [2.75, 3.05) is 13.2 Å². The van der Waals surface area contributed by atoms with E-state index in [0.29, 0.717) is 30.7 Å². The first kappa shape index (κ1) is 17.9. The molecule has 0 saturated heterocycles. The summed E-state index contributed by atoms with van der Waals surface area (Å²) in [7, 11) is 0. The Morgan fingerprint density at radius 1 is 1.24 bits per heavy atom. The Morgan fingerprint density at radius 3 is 2.84 bits per heavy atom. The van der Waals surface area contributed by atoms with Crippen LogP contribution in [0.25, 0.3) is 10.9 Å². The molecule has 1 heterocycles. The molecule has 0 radical (unpaired) electrons. The van der Waals surface area contributed by atoms with Gasteiger partial charge >= 0.3 is 0 Å². The lowest BCUT2D eigenvalue weighted by molar-refractivity contribution is -0.00294. The van der Waals surface area contributed by atoms with E-state index in [1.165, 1.54) is 24.8 Å². The molecule has 1 saturated carbocycles. The number of rotatable bonds is 5. The molecule has 25 heavy (non-hydrogen) atoms. The number of hydrogen-bond acceptors (Lipinski definition) is 3. The number of amides is 1. The number of carbonyl (C=O) groups excluding carboxylic acids is 1. The van der Waals surface area contributed by atoms with Crippen LogP contribution in [0.15, 0.2) is 24.3 Å². The third-order valence-electron chi connectivity index (χ3n) is 5.16. The van der Waals surface area contributed by atoms with Gasteiger partial charge in [0.15, 0.2) is 0 Å². The van der Waals surface area contributed by atoms with Crippen molar-refractivity contribution < 1.29 is 9.53 Å². The van der Waals surface area contributed by atoms with Crippen molar-refractivity contribution in [2.24, 2.45) is 5.92 Å².